The predicted octanol–water partition coefficient (Wildman–Crippen LogP) is 2.84. The largest absolute Gasteiger partial charge is 0.242 e. The van der Waals surface area contributed by atoms with E-state index in [0.29, 0.717) is 0 Å². The van der Waals surface area contributed by atoms with Gasteiger partial charge in [0.05, 0.1) is 0 Å². The maximum atomic E-state index is 12.4. The second kappa shape index (κ2) is 2.31. The highest BCUT2D eigenvalue weighted by molar-refractivity contribution is 5.43. The van der Waals surface area contributed by atoms with Gasteiger partial charge in [0.1, 0.15) is 0 Å². The van der Waals surface area contributed by atoms with E-state index in [1.165, 1.54) is 11.1 Å². The van der Waals surface area contributed by atoms with E-state index in [9.17, 15) is 8.78 Å². The zero-order valence-electron chi connectivity index (χ0n) is 7.08. The third-order valence-corrected chi connectivity index (χ3v) is 3.39. The lowest BCUT2D eigenvalue weighted by Gasteiger charge is -2.05. The summed E-state index contributed by atoms with van der Waals surface area (Å²) in [6.07, 6.45) is -1.25. The van der Waals surface area contributed by atoms with E-state index >= 15 is 0 Å². The molecule has 0 N–H and O–H groups in total. The van der Waals surface area contributed by atoms with Crippen LogP contribution < -0.4 is 0 Å². The number of fused-ring (bicyclic) bond motifs is 3. The normalized spacial score (nSPS) is 34.5. The zero-order valence-corrected chi connectivity index (χ0v) is 7.08. The molecule has 1 aromatic carbocycles. The van der Waals surface area contributed by atoms with E-state index in [2.05, 4.69) is 6.07 Å². The van der Waals surface area contributed by atoms with Crippen LogP contribution in [0.15, 0.2) is 24.3 Å². The molecule has 0 amide bonds. The van der Waals surface area contributed by atoms with Crippen LogP contribution in [0.5, 0.6) is 0 Å². The van der Waals surface area contributed by atoms with E-state index < -0.39 is 6.43 Å². The summed E-state index contributed by atoms with van der Waals surface area (Å²) in [6, 6.07) is 8.00. The average molecular weight is 180 g/mol. The fourth-order valence-corrected chi connectivity index (χ4v) is 2.74. The van der Waals surface area contributed by atoms with Crippen molar-refractivity contribution < 1.29 is 8.78 Å². The van der Waals surface area contributed by atoms with Crippen LogP contribution in [0.1, 0.15) is 17.0 Å². The maximum Gasteiger partial charge on any atom is 0.242 e. The third-order valence-electron chi connectivity index (χ3n) is 3.39. The maximum absolute atomic E-state index is 12.4. The molecular formula is C11H10F2. The fourth-order valence-electron chi connectivity index (χ4n) is 2.74. The number of hydrogen-bond acceptors (Lipinski definition) is 0. The van der Waals surface area contributed by atoms with Gasteiger partial charge in [0.25, 0.3) is 0 Å². The van der Waals surface area contributed by atoms with Gasteiger partial charge in [-0.3, -0.25) is 0 Å². The van der Waals surface area contributed by atoms with Gasteiger partial charge in [0.15, 0.2) is 0 Å². The minimum atomic E-state index is -2.12. The molecule has 1 aromatic rings. The number of rotatable bonds is 1. The lowest BCUT2D eigenvalue weighted by Crippen LogP contribution is -2.02. The molecule has 0 aliphatic heterocycles. The average Bonchev–Trinajstić information content (AvgIpc) is 2.71. The van der Waals surface area contributed by atoms with Crippen molar-refractivity contribution in [2.75, 3.05) is 0 Å². The van der Waals surface area contributed by atoms with Gasteiger partial charge >= 0.3 is 0 Å². The molecule has 3 rings (SSSR count). The third kappa shape index (κ3) is 0.888. The van der Waals surface area contributed by atoms with E-state index in [4.69, 9.17) is 0 Å². The van der Waals surface area contributed by atoms with Crippen LogP contribution in [0.2, 0.25) is 0 Å². The first-order valence-electron chi connectivity index (χ1n) is 4.65. The molecule has 3 atom stereocenters. The van der Waals surface area contributed by atoms with Crippen molar-refractivity contribution in [2.24, 2.45) is 11.8 Å². The Kier molecular flexibility index (Phi) is 1.33. The van der Waals surface area contributed by atoms with Gasteiger partial charge in [-0.15, -0.1) is 0 Å². The highest BCUT2D eigenvalue weighted by Gasteiger charge is 2.59. The Labute approximate surface area is 75.6 Å². The highest BCUT2D eigenvalue weighted by Crippen LogP contribution is 2.63. The summed E-state index contributed by atoms with van der Waals surface area (Å²) in [5.74, 6) is 0.0866. The van der Waals surface area contributed by atoms with Crippen molar-refractivity contribution in [3.63, 3.8) is 0 Å². The van der Waals surface area contributed by atoms with E-state index in [-0.39, 0.29) is 17.8 Å². The quantitative estimate of drug-likeness (QED) is 0.623. The summed E-state index contributed by atoms with van der Waals surface area (Å²) in [6.45, 7) is 0. The van der Waals surface area contributed by atoms with Gasteiger partial charge in [0, 0.05) is 5.92 Å². The van der Waals surface area contributed by atoms with Crippen LogP contribution in [-0.4, -0.2) is 6.43 Å². The second-order valence-electron chi connectivity index (χ2n) is 4.00. The van der Waals surface area contributed by atoms with Gasteiger partial charge in [-0.1, -0.05) is 24.3 Å². The van der Waals surface area contributed by atoms with Gasteiger partial charge in [-0.2, -0.15) is 0 Å². The monoisotopic (exact) mass is 180 g/mol. The van der Waals surface area contributed by atoms with Crippen molar-refractivity contribution in [3.8, 4) is 0 Å². The first-order chi connectivity index (χ1) is 6.29. The summed E-state index contributed by atoms with van der Waals surface area (Å²) in [7, 11) is 0. The Morgan fingerprint density at radius 1 is 1.23 bits per heavy atom. The number of benzene rings is 1. The van der Waals surface area contributed by atoms with Crippen molar-refractivity contribution in [2.45, 2.75) is 18.8 Å². The number of halogens is 2. The van der Waals surface area contributed by atoms with E-state index in [1.54, 1.807) is 0 Å². The molecule has 0 saturated heterocycles. The van der Waals surface area contributed by atoms with Crippen LogP contribution in [0.25, 0.3) is 0 Å². The van der Waals surface area contributed by atoms with E-state index in [1.807, 2.05) is 18.2 Å². The van der Waals surface area contributed by atoms with Gasteiger partial charge in [-0.25, -0.2) is 8.78 Å². The van der Waals surface area contributed by atoms with Crippen molar-refractivity contribution in [3.05, 3.63) is 35.4 Å². The first kappa shape index (κ1) is 7.48. The van der Waals surface area contributed by atoms with Crippen LogP contribution >= 0.6 is 0 Å². The second-order valence-corrected chi connectivity index (χ2v) is 4.00. The van der Waals surface area contributed by atoms with Crippen LogP contribution in [0.3, 0.4) is 0 Å². The molecule has 1 saturated carbocycles. The van der Waals surface area contributed by atoms with Crippen LogP contribution in [0.4, 0.5) is 8.78 Å². The summed E-state index contributed by atoms with van der Waals surface area (Å²) >= 11 is 0. The molecule has 0 spiro atoms. The fraction of sp³-hybridized carbons (Fsp3) is 0.455. The zero-order chi connectivity index (χ0) is 9.00. The van der Waals surface area contributed by atoms with E-state index in [0.717, 1.165) is 6.42 Å². The summed E-state index contributed by atoms with van der Waals surface area (Å²) in [5, 5.41) is 0. The molecule has 1 fully saturated rings. The molecule has 3 unspecified atom stereocenters. The van der Waals surface area contributed by atoms with Crippen molar-refractivity contribution in [1.29, 1.82) is 0 Å². The molecular weight excluding hydrogens is 170 g/mol. The topological polar surface area (TPSA) is 0 Å². The minimum Gasteiger partial charge on any atom is -0.210 e. The lowest BCUT2D eigenvalue weighted by atomic mass is 10.0. The van der Waals surface area contributed by atoms with Gasteiger partial charge in [-0.05, 0) is 29.4 Å². The van der Waals surface area contributed by atoms with Gasteiger partial charge in [0.2, 0.25) is 6.43 Å². The first-order valence-corrected chi connectivity index (χ1v) is 4.65. The Morgan fingerprint density at radius 3 is 2.77 bits per heavy atom. The highest BCUT2D eigenvalue weighted by atomic mass is 19.3. The predicted molar refractivity (Wildman–Crippen MR) is 45.9 cm³/mol. The lowest BCUT2D eigenvalue weighted by molar-refractivity contribution is 0.113. The van der Waals surface area contributed by atoms with Crippen LogP contribution in [0, 0.1) is 11.8 Å². The Balaban J connectivity index is 1.95. The van der Waals surface area contributed by atoms with Crippen LogP contribution in [-0.2, 0) is 6.42 Å². The van der Waals surface area contributed by atoms with Crippen molar-refractivity contribution >= 4 is 0 Å². The van der Waals surface area contributed by atoms with Gasteiger partial charge < -0.3 is 0 Å². The molecule has 2 aliphatic carbocycles. The SMILES string of the molecule is FC(F)C1C2Cc3ccccc3C21. The molecule has 0 bridgehead atoms. The standard InChI is InChI=1S/C11H10F2/c12-11(13)10-8-5-6-3-1-2-4-7(6)9(8)10/h1-4,8-11H,5H2. The Hall–Kier alpha value is -0.920. The molecule has 68 valence electrons. The number of hydrogen-bond donors (Lipinski definition) is 0. The van der Waals surface area contributed by atoms with Crippen molar-refractivity contribution in [1.82, 2.24) is 0 Å². The molecule has 13 heavy (non-hydrogen) atoms. The molecule has 2 heteroatoms. The molecule has 0 radical (unpaired) electrons. The molecule has 0 nitrogen and oxygen atoms in total. The Bertz CT molecular complexity index is 346. The summed E-state index contributed by atoms with van der Waals surface area (Å²) in [4.78, 5) is 0. The minimum absolute atomic E-state index is 0.177. The molecule has 0 heterocycles. The summed E-state index contributed by atoms with van der Waals surface area (Å²) < 4.78 is 24.9. The molecule has 0 aromatic heterocycles. The molecule has 2 aliphatic rings. The number of alkyl halides is 2. The summed E-state index contributed by atoms with van der Waals surface area (Å²) in [5.41, 5.74) is 2.47. The smallest absolute Gasteiger partial charge is 0.210 e. The Morgan fingerprint density at radius 2 is 2.00 bits per heavy atom.